The van der Waals surface area contributed by atoms with Crippen molar-refractivity contribution in [3.8, 4) is 5.75 Å². The number of carboxylic acid groups (broad SMARTS) is 1. The number of carboxylic acids is 1. The third-order valence-electron chi connectivity index (χ3n) is 19.7. The van der Waals surface area contributed by atoms with Gasteiger partial charge in [-0.3, -0.25) is 102 Å². The number of benzene rings is 3. The van der Waals surface area contributed by atoms with Crippen molar-refractivity contribution in [1.29, 1.82) is 10.8 Å². The molecule has 0 saturated carbocycles. The molecule has 0 saturated heterocycles. The topological polar surface area (TPSA) is 822 Å². The molecule has 131 heavy (non-hydrogen) atoms. The summed E-state index contributed by atoms with van der Waals surface area (Å²) in [5.41, 5.74) is 34.8. The molecule has 714 valence electrons. The maximum Gasteiger partial charge on any atom is 0.303 e. The molecule has 35 N–H and O–H groups in total. The van der Waals surface area contributed by atoms with E-state index >= 15 is 9.59 Å². The average Bonchev–Trinajstić information content (AvgIpc) is 1.69. The summed E-state index contributed by atoms with van der Waals surface area (Å²) >= 11 is 8.44. The third kappa shape index (κ3) is 38.2. The van der Waals surface area contributed by atoms with Crippen molar-refractivity contribution < 1.29 is 111 Å². The summed E-state index contributed by atoms with van der Waals surface area (Å²) < 4.78 is 5.26. The molecule has 0 fully saturated rings. The number of rotatable bonds is 59. The van der Waals surface area contributed by atoms with Gasteiger partial charge in [0.15, 0.2) is 11.9 Å². The number of nitrogens with one attached hydrogen (secondary N) is 20. The Balaban J connectivity index is 1.43. The second-order valence-electron chi connectivity index (χ2n) is 30.1. The van der Waals surface area contributed by atoms with Crippen LogP contribution in [0.25, 0.3) is 21.8 Å². The molecule has 2 aromatic heterocycles. The van der Waals surface area contributed by atoms with Crippen molar-refractivity contribution in [3.63, 3.8) is 0 Å². The van der Waals surface area contributed by atoms with E-state index in [4.69, 9.17) is 50.0 Å². The van der Waals surface area contributed by atoms with Crippen LogP contribution in [0.4, 0.5) is 0 Å². The number of primary amides is 4. The van der Waals surface area contributed by atoms with Gasteiger partial charge >= 0.3 is 5.97 Å². The predicted molar refractivity (Wildman–Crippen MR) is 476 cm³/mol. The molecule has 0 unspecified atom stereocenters. The number of phenols is 1. The highest BCUT2D eigenvalue weighted by Crippen LogP contribution is 2.23. The van der Waals surface area contributed by atoms with E-state index in [1.54, 1.807) is 48.5 Å². The Bertz CT molecular complexity index is 4900. The zero-order valence-electron chi connectivity index (χ0n) is 71.5. The highest BCUT2D eigenvalue weighted by molar-refractivity contribution is 7.80. The molecular weight excluding hydrogens is 1760 g/mol. The van der Waals surface area contributed by atoms with Gasteiger partial charge in [-0.15, -0.1) is 0 Å². The lowest BCUT2D eigenvalue weighted by atomic mass is 10.0. The van der Waals surface area contributed by atoms with Crippen molar-refractivity contribution in [2.75, 3.05) is 50.9 Å². The van der Waals surface area contributed by atoms with E-state index in [2.05, 4.69) is 120 Å². The number of aromatic amines is 2. The number of para-hydroxylation sites is 2. The first-order chi connectivity index (χ1) is 62.1. The fourth-order valence-electron chi connectivity index (χ4n) is 13.0. The van der Waals surface area contributed by atoms with E-state index in [-0.39, 0.29) is 68.5 Å². The van der Waals surface area contributed by atoms with E-state index in [0.717, 1.165) is 13.8 Å². The van der Waals surface area contributed by atoms with E-state index in [0.29, 0.717) is 39.4 Å². The maximum atomic E-state index is 15.3. The van der Waals surface area contributed by atoms with Crippen LogP contribution in [0.5, 0.6) is 5.75 Å². The molecule has 0 spiro atoms. The number of thiol groups is 2. The normalized spacial score (nSPS) is 14.0. The summed E-state index contributed by atoms with van der Waals surface area (Å²) in [6, 6.07) is -1.63. The highest BCUT2D eigenvalue weighted by atomic mass is 32.1. The number of amides is 18. The molecule has 2 heterocycles. The van der Waals surface area contributed by atoms with Crippen LogP contribution in [0.3, 0.4) is 0 Å². The molecule has 3 aromatic carbocycles. The zero-order valence-corrected chi connectivity index (χ0v) is 73.3. The molecule has 5 rings (SSSR count). The molecule has 5 aromatic rings. The number of carbonyl (C=O) groups excluding carboxylic acids is 18. The first-order valence-electron chi connectivity index (χ1n) is 41.1. The largest absolute Gasteiger partial charge is 0.508 e. The van der Waals surface area contributed by atoms with Gasteiger partial charge in [-0.05, 0) is 92.8 Å². The van der Waals surface area contributed by atoms with Crippen LogP contribution >= 0.6 is 25.3 Å². The molecule has 0 radical (unpaired) electrons. The zero-order chi connectivity index (χ0) is 97.1. The monoisotopic (exact) mass is 1870 g/mol. The summed E-state index contributed by atoms with van der Waals surface area (Å²) in [5, 5.41) is 86.3. The number of hydrogen-bond donors (Lipinski definition) is 31. The van der Waals surface area contributed by atoms with Gasteiger partial charge in [0.1, 0.15) is 84.9 Å². The Hall–Kier alpha value is -14.4. The number of fused-ring (bicyclic) bond motifs is 2. The SMILES string of the molecule is CC(=O)N[C@@H](CS)C(=O)N[C@@H](CCC(N)=O)C(=O)N[C@H](C(=O)N[C@@H](Cc1c[nH]c2ccccc12)C(=O)N[C@@H](CCC(N)=O)C(=O)N[C@@H](CS)C(=O)N[C@@H](Cc1ccc(O)cc1)C(=O)N[C@@H](Cc1c[nH]c2ccccc12)C(=O)N[C@@H](CCCNC(=N)N)C(=O)N[C@@H](CCC(=O)O)C(=O)N[C@@H](CC(N)=O)C(=O)NCC(=O)NCCOCC(=O)N[C@H](CCCNC(=N)N)C(N)=O)[C@@H](C)O. The first kappa shape index (κ1) is 107. The van der Waals surface area contributed by atoms with E-state index in [1.165, 1.54) is 36.7 Å². The minimum Gasteiger partial charge on any atom is -0.508 e. The standard InChI is InChI=1S/C80H114N26O23S2/c1-39(107)66(106-72(122)52(20-23-61(82)111)100-76(126)58(37-130)95-40(2)108)78(128)104-56(31-43-34-93-48-12-6-4-10-46(43)48)75(125)99-51(19-22-60(81)110)71(121)105-59(38-131)77(127)101-54(29-41-15-17-44(109)18-16-41)73(123)102-55(30-42-33-92-47-11-5-3-9-45(42)47)74(124)97-50(14-8-26-91-80(87)88)69(119)98-53(21-24-65(115)116)70(120)103-57(32-62(83)112)68(118)94-35-63(113)89-27-28-129-36-64(114)96-49(67(84)117)13-7-25-90-79(85)86/h3-6,9-12,15-18,33-34,39,49-59,66,92-93,107,109,130-131H,7-8,13-14,19-32,35-38H2,1-2H3,(H2,81,110)(H2,82,111)(H2,83,112)(H2,84,117)(H,89,113)(H,94,118)(H,95,108)(H,96,114)(H,97,124)(H,98,119)(H,99,125)(H,100,126)(H,101,127)(H,102,123)(H,103,120)(H,104,128)(H,105,121)(H,106,122)(H,115,116)(H4,85,86,90)(H4,87,88,91)/t39-,49-,50+,51+,52+,53+,54+,55+,56+,57+,58+,59+,66+/m1/s1. The second-order valence-corrected chi connectivity index (χ2v) is 30.8. The van der Waals surface area contributed by atoms with Gasteiger partial charge in [0.25, 0.3) is 0 Å². The lowest BCUT2D eigenvalue weighted by Crippen LogP contribution is -2.62. The minimum absolute atomic E-state index is 0.0948. The van der Waals surface area contributed by atoms with Gasteiger partial charge in [-0.2, -0.15) is 25.3 Å². The van der Waals surface area contributed by atoms with Gasteiger partial charge in [0.2, 0.25) is 106 Å². The highest BCUT2D eigenvalue weighted by Gasteiger charge is 2.39. The third-order valence-corrected chi connectivity index (χ3v) is 20.4. The number of nitrogens with two attached hydrogens (primary N) is 6. The number of H-pyrrole nitrogens is 2. The van der Waals surface area contributed by atoms with Gasteiger partial charge < -0.3 is 149 Å². The fraction of sp³-hybridized carbons (Fsp3) is 0.463. The first-order valence-corrected chi connectivity index (χ1v) is 42.3. The molecule has 0 aliphatic carbocycles. The van der Waals surface area contributed by atoms with Crippen molar-refractivity contribution in [1.82, 2.24) is 95.0 Å². The molecule has 0 bridgehead atoms. The predicted octanol–water partition coefficient (Wildman–Crippen LogP) is -9.01. The molecule has 49 nitrogen and oxygen atoms in total. The van der Waals surface area contributed by atoms with Crippen LogP contribution < -0.4 is 119 Å². The molecule has 51 heteroatoms. The molecular formula is C80H114N26O23S2. The Kier molecular flexibility index (Phi) is 44.8. The van der Waals surface area contributed by atoms with Crippen molar-refractivity contribution >= 4 is 171 Å². The molecule has 13 atom stereocenters. The number of aromatic nitrogens is 2. The molecule has 0 aliphatic heterocycles. The van der Waals surface area contributed by atoms with Crippen molar-refractivity contribution in [2.24, 2.45) is 34.4 Å². The average molecular weight is 1870 g/mol. The van der Waals surface area contributed by atoms with Crippen molar-refractivity contribution in [3.05, 3.63) is 102 Å². The smallest absolute Gasteiger partial charge is 0.303 e. The fourth-order valence-corrected chi connectivity index (χ4v) is 13.5. The summed E-state index contributed by atoms with van der Waals surface area (Å²) in [6.45, 7) is 0.444. The number of aromatic hydroxyl groups is 1. The van der Waals surface area contributed by atoms with E-state index in [1.807, 2.05) is 0 Å². The number of aliphatic carboxylic acids is 1. The van der Waals surface area contributed by atoms with Crippen LogP contribution in [-0.4, -0.2) is 279 Å². The minimum atomic E-state index is -1.95. The Morgan fingerprint density at radius 2 is 0.817 bits per heavy atom. The maximum absolute atomic E-state index is 15.3. The molecule has 0 aliphatic rings. The lowest BCUT2D eigenvalue weighted by Gasteiger charge is -2.29. The van der Waals surface area contributed by atoms with Crippen LogP contribution in [0.15, 0.2) is 85.2 Å². The number of phenolic OH excluding ortho intramolecular Hbond substituents is 1. The van der Waals surface area contributed by atoms with Crippen LogP contribution in [0.2, 0.25) is 0 Å². The summed E-state index contributed by atoms with van der Waals surface area (Å²) in [5.74, 6) is -22.1. The Morgan fingerprint density at radius 3 is 1.25 bits per heavy atom. The summed E-state index contributed by atoms with van der Waals surface area (Å²) in [4.78, 5) is 264. The van der Waals surface area contributed by atoms with E-state index in [9.17, 15) is 96.8 Å². The van der Waals surface area contributed by atoms with E-state index < -0.39 is 280 Å². The second kappa shape index (κ2) is 54.7. The number of aliphatic hydroxyl groups excluding tert-OH is 1. The molecule has 18 amide bonds. The lowest BCUT2D eigenvalue weighted by molar-refractivity contribution is -0.139. The van der Waals surface area contributed by atoms with Gasteiger partial charge in [-0.1, -0.05) is 48.5 Å². The Morgan fingerprint density at radius 1 is 0.420 bits per heavy atom. The Labute approximate surface area is 760 Å². The van der Waals surface area contributed by atoms with Crippen LogP contribution in [0.1, 0.15) is 101 Å². The van der Waals surface area contributed by atoms with Gasteiger partial charge in [0.05, 0.1) is 25.7 Å². The summed E-state index contributed by atoms with van der Waals surface area (Å²) in [6.07, 6.45) is -4.65. The number of ether oxygens (including phenoxy) is 1. The summed E-state index contributed by atoms with van der Waals surface area (Å²) in [7, 11) is 0. The number of guanidine groups is 2. The quantitative estimate of drug-likeness (QED) is 0.00744. The van der Waals surface area contributed by atoms with Gasteiger partial charge in [0, 0.05) is 111 Å². The number of carbonyl (C=O) groups is 19. The number of hydrogen-bond acceptors (Lipinski definition) is 26. The van der Waals surface area contributed by atoms with Crippen LogP contribution in [0, 0.1) is 10.8 Å². The van der Waals surface area contributed by atoms with Crippen LogP contribution in [-0.2, 0) is 115 Å². The number of aliphatic hydroxyl groups is 1. The van der Waals surface area contributed by atoms with Crippen molar-refractivity contribution in [2.45, 2.75) is 182 Å². The van der Waals surface area contributed by atoms with Gasteiger partial charge in [-0.25, -0.2) is 0 Å².